The SMILES string of the molecule is CCN(CC)c1ccc(N2C[C@@H](C(=O)Cl)CC2=O)c(C)c1. The summed E-state index contributed by atoms with van der Waals surface area (Å²) < 4.78 is 0. The summed E-state index contributed by atoms with van der Waals surface area (Å²) in [6.07, 6.45) is 0.208. The predicted octanol–water partition coefficient (Wildman–Crippen LogP) is 2.96. The molecule has 1 heterocycles. The number of rotatable bonds is 5. The molecule has 21 heavy (non-hydrogen) atoms. The van der Waals surface area contributed by atoms with E-state index in [4.69, 9.17) is 11.6 Å². The van der Waals surface area contributed by atoms with E-state index in [0.717, 1.165) is 30.0 Å². The third-order valence-corrected chi connectivity index (χ3v) is 4.35. The van der Waals surface area contributed by atoms with E-state index in [1.54, 1.807) is 4.90 Å². The summed E-state index contributed by atoms with van der Waals surface area (Å²) in [5.74, 6) is -0.422. The Kier molecular flexibility index (Phi) is 4.88. The quantitative estimate of drug-likeness (QED) is 0.785. The van der Waals surface area contributed by atoms with Crippen LogP contribution in [0.2, 0.25) is 0 Å². The first-order chi connectivity index (χ1) is 9.97. The molecule has 1 aliphatic rings. The lowest BCUT2D eigenvalue weighted by Gasteiger charge is -2.24. The van der Waals surface area contributed by atoms with Gasteiger partial charge in [0.25, 0.3) is 0 Å². The highest BCUT2D eigenvalue weighted by atomic mass is 35.5. The topological polar surface area (TPSA) is 40.6 Å². The molecule has 0 unspecified atom stereocenters. The summed E-state index contributed by atoms with van der Waals surface area (Å²) in [4.78, 5) is 27.3. The van der Waals surface area contributed by atoms with Crippen LogP contribution in [0.4, 0.5) is 11.4 Å². The van der Waals surface area contributed by atoms with Gasteiger partial charge < -0.3 is 9.80 Å². The monoisotopic (exact) mass is 308 g/mol. The van der Waals surface area contributed by atoms with Crippen LogP contribution in [0.15, 0.2) is 18.2 Å². The summed E-state index contributed by atoms with van der Waals surface area (Å²) in [5, 5.41) is -0.428. The van der Waals surface area contributed by atoms with Crippen molar-refractivity contribution in [3.8, 4) is 0 Å². The molecule has 1 saturated heterocycles. The van der Waals surface area contributed by atoms with E-state index < -0.39 is 5.24 Å². The minimum atomic E-state index is -0.428. The van der Waals surface area contributed by atoms with Gasteiger partial charge in [-0.3, -0.25) is 9.59 Å². The van der Waals surface area contributed by atoms with Crippen LogP contribution in [-0.4, -0.2) is 30.8 Å². The maximum absolute atomic E-state index is 12.1. The van der Waals surface area contributed by atoms with Gasteiger partial charge in [0.15, 0.2) is 0 Å². The van der Waals surface area contributed by atoms with Gasteiger partial charge in [-0.15, -0.1) is 0 Å². The molecule has 0 saturated carbocycles. The van der Waals surface area contributed by atoms with Gasteiger partial charge in [-0.2, -0.15) is 0 Å². The number of carbonyl (C=O) groups is 2. The van der Waals surface area contributed by atoms with E-state index in [0.29, 0.717) is 6.54 Å². The Hall–Kier alpha value is -1.55. The third kappa shape index (κ3) is 3.21. The molecule has 1 amide bonds. The summed E-state index contributed by atoms with van der Waals surface area (Å²) in [6.45, 7) is 8.50. The van der Waals surface area contributed by atoms with E-state index in [2.05, 4.69) is 24.8 Å². The molecule has 1 fully saturated rings. The van der Waals surface area contributed by atoms with E-state index in [9.17, 15) is 9.59 Å². The lowest BCUT2D eigenvalue weighted by Crippen LogP contribution is -2.26. The van der Waals surface area contributed by atoms with Crippen molar-refractivity contribution in [1.82, 2.24) is 0 Å². The minimum Gasteiger partial charge on any atom is -0.372 e. The Morgan fingerprint density at radius 2 is 2.05 bits per heavy atom. The smallest absolute Gasteiger partial charge is 0.227 e. The van der Waals surface area contributed by atoms with Crippen LogP contribution >= 0.6 is 11.6 Å². The van der Waals surface area contributed by atoms with Crippen molar-refractivity contribution in [2.45, 2.75) is 27.2 Å². The van der Waals surface area contributed by atoms with Crippen LogP contribution in [0.5, 0.6) is 0 Å². The van der Waals surface area contributed by atoms with Crippen molar-refractivity contribution in [3.05, 3.63) is 23.8 Å². The van der Waals surface area contributed by atoms with Gasteiger partial charge >= 0.3 is 0 Å². The second-order valence-electron chi connectivity index (χ2n) is 5.35. The lowest BCUT2D eigenvalue weighted by molar-refractivity contribution is -0.120. The molecule has 1 aromatic carbocycles. The van der Waals surface area contributed by atoms with Crippen LogP contribution in [0.25, 0.3) is 0 Å². The lowest BCUT2D eigenvalue weighted by atomic mass is 10.1. The van der Waals surface area contributed by atoms with Crippen LogP contribution < -0.4 is 9.80 Å². The predicted molar refractivity (Wildman–Crippen MR) is 86.1 cm³/mol. The van der Waals surface area contributed by atoms with Crippen molar-refractivity contribution in [1.29, 1.82) is 0 Å². The van der Waals surface area contributed by atoms with Crippen molar-refractivity contribution < 1.29 is 9.59 Å². The molecule has 0 spiro atoms. The van der Waals surface area contributed by atoms with Crippen molar-refractivity contribution in [2.75, 3.05) is 29.4 Å². The number of hydrogen-bond donors (Lipinski definition) is 0. The van der Waals surface area contributed by atoms with Gasteiger partial charge in [-0.1, -0.05) is 0 Å². The molecule has 0 N–H and O–H groups in total. The fourth-order valence-corrected chi connectivity index (χ4v) is 2.97. The standard InChI is InChI=1S/C16H21ClN2O2/c1-4-18(5-2)13-6-7-14(11(3)8-13)19-10-12(16(17)21)9-15(19)20/h6-8,12H,4-5,9-10H2,1-3H3/t12-/m0/s1. The summed E-state index contributed by atoms with van der Waals surface area (Å²) in [5.41, 5.74) is 3.06. The minimum absolute atomic E-state index is 0.0345. The second kappa shape index (κ2) is 6.48. The molecular formula is C16H21ClN2O2. The van der Waals surface area contributed by atoms with E-state index in [1.807, 2.05) is 19.1 Å². The first-order valence-electron chi connectivity index (χ1n) is 7.33. The highest BCUT2D eigenvalue weighted by molar-refractivity contribution is 6.64. The highest BCUT2D eigenvalue weighted by Crippen LogP contribution is 2.31. The summed E-state index contributed by atoms with van der Waals surface area (Å²) >= 11 is 5.52. The van der Waals surface area contributed by atoms with Crippen molar-refractivity contribution in [2.24, 2.45) is 5.92 Å². The maximum atomic E-state index is 12.1. The zero-order valence-corrected chi connectivity index (χ0v) is 13.5. The molecule has 1 atom stereocenters. The van der Waals surface area contributed by atoms with Gasteiger partial charge in [0, 0.05) is 37.4 Å². The molecule has 0 aromatic heterocycles. The van der Waals surface area contributed by atoms with Crippen molar-refractivity contribution in [3.63, 3.8) is 0 Å². The number of benzene rings is 1. The Bertz CT molecular complexity index is 555. The van der Waals surface area contributed by atoms with Crippen LogP contribution in [0.1, 0.15) is 25.8 Å². The van der Waals surface area contributed by atoms with E-state index in [-0.39, 0.29) is 18.2 Å². The largest absolute Gasteiger partial charge is 0.372 e. The zero-order valence-electron chi connectivity index (χ0n) is 12.7. The Labute approximate surface area is 130 Å². The summed E-state index contributed by atoms with van der Waals surface area (Å²) in [7, 11) is 0. The number of nitrogens with zero attached hydrogens (tertiary/aromatic N) is 2. The Balaban J connectivity index is 2.25. The number of aryl methyl sites for hydroxylation is 1. The van der Waals surface area contributed by atoms with Gasteiger partial charge in [-0.05, 0) is 56.1 Å². The molecule has 1 aromatic rings. The molecule has 5 heteroatoms. The first kappa shape index (κ1) is 15.8. The fourth-order valence-electron chi connectivity index (χ4n) is 2.82. The van der Waals surface area contributed by atoms with Gasteiger partial charge in [0.1, 0.15) is 0 Å². The van der Waals surface area contributed by atoms with Gasteiger partial charge in [0.05, 0.1) is 5.92 Å². The number of halogens is 1. The van der Waals surface area contributed by atoms with Gasteiger partial charge in [-0.25, -0.2) is 0 Å². The second-order valence-corrected chi connectivity index (χ2v) is 5.73. The number of hydrogen-bond acceptors (Lipinski definition) is 3. The molecule has 2 rings (SSSR count). The number of anilines is 2. The molecule has 0 bridgehead atoms. The van der Waals surface area contributed by atoms with Crippen LogP contribution in [-0.2, 0) is 9.59 Å². The first-order valence-corrected chi connectivity index (χ1v) is 7.71. The average molecular weight is 309 g/mol. The maximum Gasteiger partial charge on any atom is 0.227 e. The highest BCUT2D eigenvalue weighted by Gasteiger charge is 2.34. The normalized spacial score (nSPS) is 18.2. The number of carbonyl (C=O) groups excluding carboxylic acids is 2. The van der Waals surface area contributed by atoms with Crippen molar-refractivity contribution >= 4 is 34.1 Å². The molecule has 4 nitrogen and oxygen atoms in total. The Morgan fingerprint density at radius 1 is 1.38 bits per heavy atom. The zero-order chi connectivity index (χ0) is 15.6. The van der Waals surface area contributed by atoms with E-state index >= 15 is 0 Å². The fraction of sp³-hybridized carbons (Fsp3) is 0.500. The molecule has 0 aliphatic carbocycles. The molecule has 114 valence electrons. The molecule has 1 aliphatic heterocycles. The number of amides is 1. The van der Waals surface area contributed by atoms with Crippen LogP contribution in [0.3, 0.4) is 0 Å². The molecular weight excluding hydrogens is 288 g/mol. The van der Waals surface area contributed by atoms with E-state index in [1.165, 1.54) is 0 Å². The Morgan fingerprint density at radius 3 is 2.52 bits per heavy atom. The van der Waals surface area contributed by atoms with Crippen LogP contribution in [0, 0.1) is 12.8 Å². The summed E-state index contributed by atoms with van der Waals surface area (Å²) in [6, 6.07) is 6.08. The third-order valence-electron chi connectivity index (χ3n) is 4.05. The molecule has 0 radical (unpaired) electrons. The van der Waals surface area contributed by atoms with Gasteiger partial charge in [0.2, 0.25) is 11.1 Å². The average Bonchev–Trinajstić information content (AvgIpc) is 2.83.